The molecular weight excluding hydrogens is 284 g/mol. The van der Waals surface area contributed by atoms with Gasteiger partial charge < -0.3 is 10.2 Å². The van der Waals surface area contributed by atoms with Crippen LogP contribution in [0.2, 0.25) is 0 Å². The van der Waals surface area contributed by atoms with Gasteiger partial charge in [-0.25, -0.2) is 0 Å². The zero-order valence-corrected chi connectivity index (χ0v) is 13.4. The molecule has 1 aliphatic heterocycles. The van der Waals surface area contributed by atoms with Gasteiger partial charge in [-0.1, -0.05) is 18.2 Å². The fourth-order valence-electron chi connectivity index (χ4n) is 2.64. The predicted octanol–water partition coefficient (Wildman–Crippen LogP) is 3.00. The van der Waals surface area contributed by atoms with Crippen molar-refractivity contribution in [2.75, 3.05) is 18.0 Å². The minimum atomic E-state index is 0. The Morgan fingerprint density at radius 1 is 1.24 bits per heavy atom. The number of nitrogens with zero attached hydrogens (tertiary/aromatic N) is 3. The Kier molecular flexibility index (Phi) is 5.26. The van der Waals surface area contributed by atoms with Gasteiger partial charge in [-0.2, -0.15) is 5.10 Å². The maximum absolute atomic E-state index is 4.66. The third kappa shape index (κ3) is 3.57. The molecule has 0 fully saturated rings. The van der Waals surface area contributed by atoms with E-state index in [0.717, 1.165) is 31.9 Å². The normalized spacial score (nSPS) is 14.5. The van der Waals surface area contributed by atoms with E-state index in [1.807, 2.05) is 4.68 Å². The first kappa shape index (κ1) is 15.9. The van der Waals surface area contributed by atoms with E-state index in [9.17, 15) is 0 Å². The minimum absolute atomic E-state index is 0. The lowest BCUT2D eigenvalue weighted by Gasteiger charge is -2.23. The first-order valence-electron chi connectivity index (χ1n) is 7.31. The average Bonchev–Trinajstić information content (AvgIpc) is 2.82. The standard InChI is InChI=1S/C16H22N4.ClH/c1-13(2)20-9-7-15(18-20)12-19-10-8-17-11-14-5-3-4-6-16(14)19;/h3-7,9,13,17H,8,10-12H2,1-2H3;1H. The molecule has 2 heterocycles. The average molecular weight is 307 g/mol. The number of nitrogens with one attached hydrogen (secondary N) is 1. The molecular formula is C16H23ClN4. The third-order valence-corrected chi connectivity index (χ3v) is 3.75. The Hall–Kier alpha value is -1.52. The molecule has 0 aliphatic carbocycles. The van der Waals surface area contributed by atoms with Gasteiger partial charge in [0, 0.05) is 37.6 Å². The molecule has 0 saturated heterocycles. The number of fused-ring (bicyclic) bond motifs is 1. The smallest absolute Gasteiger partial charge is 0.0817 e. The lowest BCUT2D eigenvalue weighted by molar-refractivity contribution is 0.525. The molecule has 0 atom stereocenters. The Morgan fingerprint density at radius 2 is 2.05 bits per heavy atom. The number of hydrogen-bond acceptors (Lipinski definition) is 3. The number of anilines is 1. The second-order valence-corrected chi connectivity index (χ2v) is 5.61. The van der Waals surface area contributed by atoms with Gasteiger partial charge in [-0.15, -0.1) is 12.4 Å². The largest absolute Gasteiger partial charge is 0.364 e. The van der Waals surface area contributed by atoms with Gasteiger partial charge in [0.25, 0.3) is 0 Å². The molecule has 21 heavy (non-hydrogen) atoms. The zero-order valence-electron chi connectivity index (χ0n) is 12.6. The highest BCUT2D eigenvalue weighted by molar-refractivity contribution is 5.85. The molecule has 3 rings (SSSR count). The first-order valence-corrected chi connectivity index (χ1v) is 7.31. The summed E-state index contributed by atoms with van der Waals surface area (Å²) in [5.74, 6) is 0. The fraction of sp³-hybridized carbons (Fsp3) is 0.438. The van der Waals surface area contributed by atoms with Crippen molar-refractivity contribution >= 4 is 18.1 Å². The van der Waals surface area contributed by atoms with Crippen LogP contribution in [0.5, 0.6) is 0 Å². The van der Waals surface area contributed by atoms with Crippen molar-refractivity contribution in [1.29, 1.82) is 0 Å². The second-order valence-electron chi connectivity index (χ2n) is 5.61. The van der Waals surface area contributed by atoms with E-state index >= 15 is 0 Å². The molecule has 0 saturated carbocycles. The number of benzene rings is 1. The van der Waals surface area contributed by atoms with Crippen LogP contribution in [0.4, 0.5) is 5.69 Å². The highest BCUT2D eigenvalue weighted by atomic mass is 35.5. The molecule has 1 N–H and O–H groups in total. The van der Waals surface area contributed by atoms with Crippen molar-refractivity contribution in [1.82, 2.24) is 15.1 Å². The SMILES string of the molecule is CC(C)n1ccc(CN2CCNCc3ccccc32)n1.Cl. The van der Waals surface area contributed by atoms with Crippen molar-refractivity contribution in [2.24, 2.45) is 0 Å². The summed E-state index contributed by atoms with van der Waals surface area (Å²) in [5, 5.41) is 8.14. The van der Waals surface area contributed by atoms with Crippen LogP contribution in [0.3, 0.4) is 0 Å². The van der Waals surface area contributed by atoms with Gasteiger partial charge in [0.15, 0.2) is 0 Å². The summed E-state index contributed by atoms with van der Waals surface area (Å²) in [5.41, 5.74) is 3.83. The number of hydrogen-bond donors (Lipinski definition) is 1. The monoisotopic (exact) mass is 306 g/mol. The number of aromatic nitrogens is 2. The van der Waals surface area contributed by atoms with Crippen LogP contribution < -0.4 is 10.2 Å². The van der Waals surface area contributed by atoms with Crippen molar-refractivity contribution < 1.29 is 0 Å². The molecule has 0 spiro atoms. The molecule has 5 heteroatoms. The number of para-hydroxylation sites is 1. The van der Waals surface area contributed by atoms with E-state index in [2.05, 4.69) is 65.7 Å². The topological polar surface area (TPSA) is 33.1 Å². The molecule has 1 aliphatic rings. The summed E-state index contributed by atoms with van der Waals surface area (Å²) in [6.07, 6.45) is 2.07. The van der Waals surface area contributed by atoms with Crippen LogP contribution in [0, 0.1) is 0 Å². The van der Waals surface area contributed by atoms with E-state index in [1.54, 1.807) is 0 Å². The van der Waals surface area contributed by atoms with Crippen LogP contribution in [0.15, 0.2) is 36.5 Å². The van der Waals surface area contributed by atoms with Gasteiger partial charge in [0.2, 0.25) is 0 Å². The summed E-state index contributed by atoms with van der Waals surface area (Å²) in [6, 6.07) is 11.2. The highest BCUT2D eigenvalue weighted by Gasteiger charge is 2.15. The molecule has 1 aromatic carbocycles. The van der Waals surface area contributed by atoms with Gasteiger partial charge in [-0.05, 0) is 31.5 Å². The molecule has 4 nitrogen and oxygen atoms in total. The molecule has 114 valence electrons. The van der Waals surface area contributed by atoms with E-state index in [4.69, 9.17) is 0 Å². The third-order valence-electron chi connectivity index (χ3n) is 3.75. The lowest BCUT2D eigenvalue weighted by Crippen LogP contribution is -2.28. The fourth-order valence-corrected chi connectivity index (χ4v) is 2.64. The van der Waals surface area contributed by atoms with Crippen LogP contribution >= 0.6 is 12.4 Å². The van der Waals surface area contributed by atoms with Gasteiger partial charge in [-0.3, -0.25) is 4.68 Å². The van der Waals surface area contributed by atoms with Gasteiger partial charge >= 0.3 is 0 Å². The molecule has 0 bridgehead atoms. The highest BCUT2D eigenvalue weighted by Crippen LogP contribution is 2.23. The summed E-state index contributed by atoms with van der Waals surface area (Å²) >= 11 is 0. The summed E-state index contributed by atoms with van der Waals surface area (Å²) < 4.78 is 2.03. The predicted molar refractivity (Wildman–Crippen MR) is 89.1 cm³/mol. The number of halogens is 1. The molecule has 1 aromatic heterocycles. The second kappa shape index (κ2) is 6.96. The Morgan fingerprint density at radius 3 is 2.81 bits per heavy atom. The summed E-state index contributed by atoms with van der Waals surface area (Å²) in [6.45, 7) is 8.17. The zero-order chi connectivity index (χ0) is 13.9. The van der Waals surface area contributed by atoms with E-state index < -0.39 is 0 Å². The van der Waals surface area contributed by atoms with Crippen molar-refractivity contribution in [3.8, 4) is 0 Å². The maximum Gasteiger partial charge on any atom is 0.0817 e. The van der Waals surface area contributed by atoms with E-state index in [-0.39, 0.29) is 12.4 Å². The van der Waals surface area contributed by atoms with Crippen LogP contribution in [-0.4, -0.2) is 22.9 Å². The van der Waals surface area contributed by atoms with Gasteiger partial charge in [0.1, 0.15) is 0 Å². The van der Waals surface area contributed by atoms with Crippen molar-refractivity contribution in [2.45, 2.75) is 33.0 Å². The van der Waals surface area contributed by atoms with Crippen LogP contribution in [-0.2, 0) is 13.1 Å². The molecule has 0 amide bonds. The molecule has 0 radical (unpaired) electrons. The molecule has 0 unspecified atom stereocenters. The summed E-state index contributed by atoms with van der Waals surface area (Å²) in [4.78, 5) is 2.42. The Balaban J connectivity index is 0.00000161. The summed E-state index contributed by atoms with van der Waals surface area (Å²) in [7, 11) is 0. The van der Waals surface area contributed by atoms with Crippen LogP contribution in [0.1, 0.15) is 31.1 Å². The van der Waals surface area contributed by atoms with Gasteiger partial charge in [0.05, 0.1) is 12.2 Å². The van der Waals surface area contributed by atoms with E-state index in [1.165, 1.54) is 11.3 Å². The van der Waals surface area contributed by atoms with Crippen molar-refractivity contribution in [3.05, 3.63) is 47.8 Å². The van der Waals surface area contributed by atoms with Crippen molar-refractivity contribution in [3.63, 3.8) is 0 Å². The van der Waals surface area contributed by atoms with E-state index in [0.29, 0.717) is 6.04 Å². The lowest BCUT2D eigenvalue weighted by atomic mass is 10.1. The quantitative estimate of drug-likeness (QED) is 0.946. The maximum atomic E-state index is 4.66. The number of rotatable bonds is 3. The minimum Gasteiger partial charge on any atom is -0.364 e. The molecule has 2 aromatic rings. The Labute approximate surface area is 132 Å². The van der Waals surface area contributed by atoms with Crippen LogP contribution in [0.25, 0.3) is 0 Å². The first-order chi connectivity index (χ1) is 9.74. The Bertz CT molecular complexity index is 579.